The van der Waals surface area contributed by atoms with E-state index in [0.29, 0.717) is 31.0 Å². The first kappa shape index (κ1) is 22.0. The van der Waals surface area contributed by atoms with E-state index in [4.69, 9.17) is 11.6 Å². The van der Waals surface area contributed by atoms with E-state index in [1.165, 1.54) is 0 Å². The number of amides is 2. The van der Waals surface area contributed by atoms with Crippen LogP contribution in [0.4, 0.5) is 0 Å². The van der Waals surface area contributed by atoms with Crippen LogP contribution in [0, 0.1) is 0 Å². The summed E-state index contributed by atoms with van der Waals surface area (Å²) >= 11 is 6.24. The second-order valence-corrected chi connectivity index (χ2v) is 7.21. The molecule has 28 heavy (non-hydrogen) atoms. The predicted molar refractivity (Wildman–Crippen MR) is 114 cm³/mol. The van der Waals surface area contributed by atoms with Gasteiger partial charge in [-0.1, -0.05) is 74.0 Å². The quantitative estimate of drug-likeness (QED) is 0.647. The summed E-state index contributed by atoms with van der Waals surface area (Å²) in [7, 11) is 0. The van der Waals surface area contributed by atoms with Crippen molar-refractivity contribution in [3.8, 4) is 0 Å². The van der Waals surface area contributed by atoms with Crippen molar-refractivity contribution in [3.63, 3.8) is 0 Å². The van der Waals surface area contributed by atoms with E-state index < -0.39 is 6.04 Å². The topological polar surface area (TPSA) is 49.4 Å². The summed E-state index contributed by atoms with van der Waals surface area (Å²) in [5.74, 6) is -0.174. The van der Waals surface area contributed by atoms with E-state index >= 15 is 0 Å². The van der Waals surface area contributed by atoms with E-state index in [1.54, 1.807) is 11.0 Å². The Morgan fingerprint density at radius 1 is 1.04 bits per heavy atom. The third-order valence-corrected chi connectivity index (χ3v) is 5.09. The molecule has 0 aliphatic heterocycles. The van der Waals surface area contributed by atoms with E-state index in [2.05, 4.69) is 5.32 Å². The van der Waals surface area contributed by atoms with Gasteiger partial charge in [-0.25, -0.2) is 0 Å². The van der Waals surface area contributed by atoms with Gasteiger partial charge in [0.25, 0.3) is 0 Å². The average Bonchev–Trinajstić information content (AvgIpc) is 2.71. The normalized spacial score (nSPS) is 11.7. The highest BCUT2D eigenvalue weighted by Gasteiger charge is 2.28. The second-order valence-electron chi connectivity index (χ2n) is 6.81. The summed E-state index contributed by atoms with van der Waals surface area (Å²) in [6, 6.07) is 16.9. The van der Waals surface area contributed by atoms with E-state index in [-0.39, 0.29) is 18.2 Å². The average molecular weight is 401 g/mol. The Morgan fingerprint density at radius 2 is 1.71 bits per heavy atom. The maximum atomic E-state index is 13.2. The molecule has 0 spiro atoms. The number of halogens is 1. The van der Waals surface area contributed by atoms with E-state index in [9.17, 15) is 9.59 Å². The molecule has 2 aromatic rings. The summed E-state index contributed by atoms with van der Waals surface area (Å²) < 4.78 is 0. The van der Waals surface area contributed by atoms with Crippen LogP contribution in [0.25, 0.3) is 0 Å². The number of hydrogen-bond donors (Lipinski definition) is 1. The molecular formula is C23H29ClN2O2. The Morgan fingerprint density at radius 3 is 2.36 bits per heavy atom. The largest absolute Gasteiger partial charge is 0.354 e. The summed E-state index contributed by atoms with van der Waals surface area (Å²) in [6.45, 7) is 5.05. The number of benzene rings is 2. The van der Waals surface area contributed by atoms with Crippen molar-refractivity contribution < 1.29 is 9.59 Å². The molecule has 0 saturated heterocycles. The number of carbonyl (C=O) groups is 2. The summed E-state index contributed by atoms with van der Waals surface area (Å²) in [5, 5.41) is 3.50. The van der Waals surface area contributed by atoms with E-state index in [1.807, 2.05) is 62.4 Å². The smallest absolute Gasteiger partial charge is 0.242 e. The monoisotopic (exact) mass is 400 g/mol. The van der Waals surface area contributed by atoms with Gasteiger partial charge in [0.2, 0.25) is 11.8 Å². The van der Waals surface area contributed by atoms with Crippen LogP contribution in [-0.4, -0.2) is 35.8 Å². The Bertz CT molecular complexity index is 764. The number of rotatable bonds is 10. The van der Waals surface area contributed by atoms with Crippen LogP contribution >= 0.6 is 11.6 Å². The van der Waals surface area contributed by atoms with Crippen LogP contribution in [0.2, 0.25) is 5.02 Å². The summed E-state index contributed by atoms with van der Waals surface area (Å²) in [6.07, 6.45) is 2.32. The lowest BCUT2D eigenvalue weighted by molar-refractivity contribution is -0.140. The standard InChI is InChI=1S/C23H29ClN2O2/c1-3-15-25-23(28)21(4-2)26(16-14-18-10-6-5-7-11-18)22(27)17-19-12-8-9-13-20(19)24/h5-13,21H,3-4,14-17H2,1-2H3,(H,25,28)/t21-/m1/s1. The number of hydrogen-bond acceptors (Lipinski definition) is 2. The van der Waals surface area contributed by atoms with Crippen LogP contribution in [-0.2, 0) is 22.4 Å². The van der Waals surface area contributed by atoms with Gasteiger partial charge in [0.15, 0.2) is 0 Å². The first-order valence-corrected chi connectivity index (χ1v) is 10.3. The highest BCUT2D eigenvalue weighted by atomic mass is 35.5. The second kappa shape index (κ2) is 11.5. The van der Waals surface area contributed by atoms with Crippen molar-refractivity contribution in [2.24, 2.45) is 0 Å². The highest BCUT2D eigenvalue weighted by Crippen LogP contribution is 2.18. The molecule has 2 rings (SSSR count). The molecule has 4 nitrogen and oxygen atoms in total. The van der Waals surface area contributed by atoms with Gasteiger partial charge in [-0.15, -0.1) is 0 Å². The molecule has 2 amide bonds. The van der Waals surface area contributed by atoms with Crippen molar-refractivity contribution in [2.75, 3.05) is 13.1 Å². The zero-order valence-corrected chi connectivity index (χ0v) is 17.4. The molecule has 1 atom stereocenters. The Kier molecular flexibility index (Phi) is 9.02. The fourth-order valence-electron chi connectivity index (χ4n) is 3.17. The Hall–Kier alpha value is -2.33. The molecule has 0 saturated carbocycles. The SMILES string of the molecule is CCCNC(=O)[C@@H](CC)N(CCc1ccccc1)C(=O)Cc1ccccc1Cl. The predicted octanol–water partition coefficient (Wildman–Crippen LogP) is 4.26. The van der Waals surface area contributed by atoms with Gasteiger partial charge in [0, 0.05) is 18.1 Å². The molecule has 0 fully saturated rings. The summed E-state index contributed by atoms with van der Waals surface area (Å²) in [5.41, 5.74) is 1.92. The van der Waals surface area contributed by atoms with Crippen molar-refractivity contribution in [3.05, 3.63) is 70.7 Å². The molecular weight excluding hydrogens is 372 g/mol. The molecule has 0 aliphatic carbocycles. The lowest BCUT2D eigenvalue weighted by Crippen LogP contribution is -2.50. The van der Waals surface area contributed by atoms with Crippen LogP contribution in [0.5, 0.6) is 0 Å². The fourth-order valence-corrected chi connectivity index (χ4v) is 3.37. The van der Waals surface area contributed by atoms with Gasteiger partial charge < -0.3 is 10.2 Å². The van der Waals surface area contributed by atoms with Crippen molar-refractivity contribution in [2.45, 2.75) is 45.6 Å². The van der Waals surface area contributed by atoms with Gasteiger partial charge in [-0.3, -0.25) is 9.59 Å². The van der Waals surface area contributed by atoms with Gasteiger partial charge >= 0.3 is 0 Å². The highest BCUT2D eigenvalue weighted by molar-refractivity contribution is 6.31. The first-order valence-electron chi connectivity index (χ1n) is 9.91. The first-order chi connectivity index (χ1) is 13.6. The number of nitrogens with zero attached hydrogens (tertiary/aromatic N) is 1. The van der Waals surface area contributed by atoms with Crippen molar-refractivity contribution >= 4 is 23.4 Å². The molecule has 150 valence electrons. The molecule has 0 radical (unpaired) electrons. The van der Waals surface area contributed by atoms with Crippen molar-refractivity contribution in [1.82, 2.24) is 10.2 Å². The van der Waals surface area contributed by atoms with Crippen LogP contribution in [0.3, 0.4) is 0 Å². The minimum absolute atomic E-state index is 0.0810. The number of carbonyl (C=O) groups excluding carboxylic acids is 2. The molecule has 0 aromatic heterocycles. The minimum Gasteiger partial charge on any atom is -0.354 e. The molecule has 2 aromatic carbocycles. The molecule has 0 bridgehead atoms. The third-order valence-electron chi connectivity index (χ3n) is 4.72. The lowest BCUT2D eigenvalue weighted by Gasteiger charge is -2.31. The molecule has 0 heterocycles. The Labute approximate surface area is 172 Å². The van der Waals surface area contributed by atoms with Gasteiger partial charge in [0.05, 0.1) is 6.42 Å². The summed E-state index contributed by atoms with van der Waals surface area (Å²) in [4.78, 5) is 27.5. The van der Waals surface area contributed by atoms with Gasteiger partial charge in [-0.2, -0.15) is 0 Å². The minimum atomic E-state index is -0.481. The lowest BCUT2D eigenvalue weighted by atomic mass is 10.1. The van der Waals surface area contributed by atoms with E-state index in [0.717, 1.165) is 17.5 Å². The number of nitrogens with one attached hydrogen (secondary N) is 1. The van der Waals surface area contributed by atoms with Gasteiger partial charge in [-0.05, 0) is 36.5 Å². The van der Waals surface area contributed by atoms with Crippen LogP contribution in [0.15, 0.2) is 54.6 Å². The van der Waals surface area contributed by atoms with Crippen LogP contribution < -0.4 is 5.32 Å². The van der Waals surface area contributed by atoms with Crippen LogP contribution in [0.1, 0.15) is 37.8 Å². The molecule has 0 aliphatic rings. The maximum Gasteiger partial charge on any atom is 0.242 e. The zero-order valence-electron chi connectivity index (χ0n) is 16.7. The zero-order chi connectivity index (χ0) is 20.4. The third kappa shape index (κ3) is 6.38. The Balaban J connectivity index is 2.19. The van der Waals surface area contributed by atoms with Crippen molar-refractivity contribution in [1.29, 1.82) is 0 Å². The molecule has 1 N–H and O–H groups in total. The molecule has 0 unspecified atom stereocenters. The fraction of sp³-hybridized carbons (Fsp3) is 0.391. The van der Waals surface area contributed by atoms with Gasteiger partial charge in [0.1, 0.15) is 6.04 Å². The maximum absolute atomic E-state index is 13.2. The molecule has 5 heteroatoms.